The quantitative estimate of drug-likeness (QED) is 0.323. The molecule has 5 nitrogen and oxygen atoms in total. The van der Waals surface area contributed by atoms with Crippen LogP contribution >= 0.6 is 0 Å². The van der Waals surface area contributed by atoms with Gasteiger partial charge in [-0.25, -0.2) is 8.42 Å². The molecule has 0 spiro atoms. The lowest BCUT2D eigenvalue weighted by Crippen LogP contribution is -2.42. The van der Waals surface area contributed by atoms with Crippen LogP contribution in [-0.4, -0.2) is 27.4 Å². The molecule has 36 heavy (non-hydrogen) atoms. The van der Waals surface area contributed by atoms with Gasteiger partial charge in [-0.3, -0.25) is 9.10 Å². The highest BCUT2D eigenvalue weighted by Gasteiger charge is 2.28. The summed E-state index contributed by atoms with van der Waals surface area (Å²) in [5.74, 6) is -0.153. The van der Waals surface area contributed by atoms with Crippen LogP contribution in [0.25, 0.3) is 10.8 Å². The lowest BCUT2D eigenvalue weighted by atomic mass is 9.96. The van der Waals surface area contributed by atoms with Crippen LogP contribution in [0.2, 0.25) is 0 Å². The number of aryl methyl sites for hydroxylation is 1. The van der Waals surface area contributed by atoms with Crippen LogP contribution in [0.3, 0.4) is 0 Å². The number of sulfonamides is 1. The Balaban J connectivity index is 1.50. The first kappa shape index (κ1) is 25.5. The van der Waals surface area contributed by atoms with Gasteiger partial charge in [-0.2, -0.15) is 0 Å². The van der Waals surface area contributed by atoms with Crippen LogP contribution in [0.15, 0.2) is 95.9 Å². The minimum Gasteiger partial charge on any atom is -0.354 e. The van der Waals surface area contributed by atoms with Crippen molar-refractivity contribution in [2.45, 2.75) is 32.1 Å². The fourth-order valence-corrected chi connectivity index (χ4v) is 5.92. The van der Waals surface area contributed by atoms with Gasteiger partial charge in [0.1, 0.15) is 6.54 Å². The number of carbonyl (C=O) groups is 1. The van der Waals surface area contributed by atoms with Crippen molar-refractivity contribution in [3.63, 3.8) is 0 Å². The number of amides is 1. The summed E-state index contributed by atoms with van der Waals surface area (Å²) >= 11 is 0. The van der Waals surface area contributed by atoms with Crippen LogP contribution in [0.5, 0.6) is 0 Å². The zero-order valence-electron chi connectivity index (χ0n) is 20.9. The molecule has 0 fully saturated rings. The second-order valence-corrected chi connectivity index (χ2v) is 11.2. The SMILES string of the molecule is Cc1cccc(N(CC(=O)NCC(C)Cc2cccc3ccccc23)S(=O)(=O)c2ccccc2)c1C. The maximum Gasteiger partial charge on any atom is 0.264 e. The van der Waals surface area contributed by atoms with Gasteiger partial charge in [0.2, 0.25) is 5.91 Å². The predicted octanol–water partition coefficient (Wildman–Crippen LogP) is 5.65. The highest BCUT2D eigenvalue weighted by Crippen LogP contribution is 2.28. The maximum atomic E-state index is 13.6. The summed E-state index contributed by atoms with van der Waals surface area (Å²) in [6.07, 6.45) is 0.810. The molecule has 4 aromatic carbocycles. The van der Waals surface area contributed by atoms with E-state index in [9.17, 15) is 13.2 Å². The zero-order valence-corrected chi connectivity index (χ0v) is 21.8. The first-order chi connectivity index (χ1) is 17.3. The van der Waals surface area contributed by atoms with Crippen molar-refractivity contribution in [2.75, 3.05) is 17.4 Å². The van der Waals surface area contributed by atoms with Crippen molar-refractivity contribution >= 4 is 32.4 Å². The number of nitrogens with zero attached hydrogens (tertiary/aromatic N) is 1. The molecule has 186 valence electrons. The van der Waals surface area contributed by atoms with E-state index in [4.69, 9.17) is 0 Å². The molecular formula is C30H32N2O3S. The third-order valence-corrected chi connectivity index (χ3v) is 8.33. The Labute approximate surface area is 213 Å². The minimum atomic E-state index is -3.93. The number of anilines is 1. The number of carbonyl (C=O) groups excluding carboxylic acids is 1. The van der Waals surface area contributed by atoms with E-state index in [0.717, 1.165) is 17.5 Å². The molecule has 0 heterocycles. The van der Waals surface area contributed by atoms with Crippen molar-refractivity contribution in [1.29, 1.82) is 0 Å². The van der Waals surface area contributed by atoms with Gasteiger partial charge in [0.15, 0.2) is 0 Å². The maximum absolute atomic E-state index is 13.6. The van der Waals surface area contributed by atoms with E-state index < -0.39 is 10.0 Å². The Morgan fingerprint density at radius 2 is 1.53 bits per heavy atom. The molecule has 0 aromatic heterocycles. The van der Waals surface area contributed by atoms with Crippen LogP contribution in [0, 0.1) is 19.8 Å². The summed E-state index contributed by atoms with van der Waals surface area (Å²) < 4.78 is 28.4. The molecule has 1 unspecified atom stereocenters. The van der Waals surface area contributed by atoms with Gasteiger partial charge in [-0.05, 0) is 71.8 Å². The van der Waals surface area contributed by atoms with Crippen molar-refractivity contribution in [1.82, 2.24) is 5.32 Å². The highest BCUT2D eigenvalue weighted by atomic mass is 32.2. The molecule has 1 N–H and O–H groups in total. The van der Waals surface area contributed by atoms with Crippen molar-refractivity contribution in [2.24, 2.45) is 5.92 Å². The number of rotatable bonds is 9. The standard InChI is InChI=1S/C30H32N2O3S/c1-22(19-26-14-10-13-25-12-7-8-17-28(25)26)20-31-30(33)21-32(29-18-9-11-23(2)24(29)3)36(34,35)27-15-5-4-6-16-27/h4-18,22H,19-21H2,1-3H3,(H,31,33). The zero-order chi connectivity index (χ0) is 25.7. The van der Waals surface area contributed by atoms with Gasteiger partial charge in [-0.1, -0.05) is 79.7 Å². The molecule has 6 heteroatoms. The summed E-state index contributed by atoms with van der Waals surface area (Å²) in [5.41, 5.74) is 3.54. The average Bonchev–Trinajstić information content (AvgIpc) is 2.88. The number of nitrogens with one attached hydrogen (secondary N) is 1. The highest BCUT2D eigenvalue weighted by molar-refractivity contribution is 7.92. The molecule has 4 aromatic rings. The second-order valence-electron chi connectivity index (χ2n) is 9.30. The fourth-order valence-electron chi connectivity index (χ4n) is 4.42. The first-order valence-electron chi connectivity index (χ1n) is 12.1. The number of fused-ring (bicyclic) bond motifs is 1. The van der Waals surface area contributed by atoms with Gasteiger partial charge >= 0.3 is 0 Å². The molecular weight excluding hydrogens is 468 g/mol. The second kappa shape index (κ2) is 11.0. The normalized spacial score (nSPS) is 12.3. The molecule has 0 saturated carbocycles. The van der Waals surface area contributed by atoms with E-state index >= 15 is 0 Å². The van der Waals surface area contributed by atoms with Crippen LogP contribution in [0.4, 0.5) is 5.69 Å². The minimum absolute atomic E-state index is 0.156. The topological polar surface area (TPSA) is 66.5 Å². The van der Waals surface area contributed by atoms with Gasteiger partial charge in [0, 0.05) is 6.54 Å². The number of benzene rings is 4. The Morgan fingerprint density at radius 1 is 0.861 bits per heavy atom. The van der Waals surface area contributed by atoms with Gasteiger partial charge in [0.25, 0.3) is 10.0 Å². The molecule has 0 bridgehead atoms. The molecule has 0 saturated heterocycles. The first-order valence-corrected chi connectivity index (χ1v) is 13.6. The van der Waals surface area contributed by atoms with E-state index in [1.807, 2.05) is 38.1 Å². The van der Waals surface area contributed by atoms with Crippen molar-refractivity contribution in [3.8, 4) is 0 Å². The van der Waals surface area contributed by atoms with E-state index in [0.29, 0.717) is 12.2 Å². The van der Waals surface area contributed by atoms with E-state index in [-0.39, 0.29) is 23.3 Å². The smallest absolute Gasteiger partial charge is 0.264 e. The summed E-state index contributed by atoms with van der Waals surface area (Å²) in [4.78, 5) is 13.2. The molecule has 1 amide bonds. The lowest BCUT2D eigenvalue weighted by Gasteiger charge is -2.26. The summed E-state index contributed by atoms with van der Waals surface area (Å²) in [6, 6.07) is 28.3. The third-order valence-electron chi connectivity index (χ3n) is 6.56. The third kappa shape index (κ3) is 5.60. The van der Waals surface area contributed by atoms with Crippen LogP contribution < -0.4 is 9.62 Å². The summed E-state index contributed by atoms with van der Waals surface area (Å²) in [7, 11) is -3.93. The Kier molecular flexibility index (Phi) is 7.75. The largest absolute Gasteiger partial charge is 0.354 e. The molecule has 0 aliphatic rings. The van der Waals surface area contributed by atoms with E-state index in [1.165, 1.54) is 20.6 Å². The molecule has 0 aliphatic carbocycles. The van der Waals surface area contributed by atoms with E-state index in [2.05, 4.69) is 42.6 Å². The monoisotopic (exact) mass is 500 g/mol. The van der Waals surface area contributed by atoms with Crippen LogP contribution in [0.1, 0.15) is 23.6 Å². The summed E-state index contributed by atoms with van der Waals surface area (Å²) in [6.45, 7) is 6.06. The Hall–Kier alpha value is -3.64. The average molecular weight is 501 g/mol. The fraction of sp³-hybridized carbons (Fsp3) is 0.233. The van der Waals surface area contributed by atoms with Gasteiger partial charge in [0.05, 0.1) is 10.6 Å². The lowest BCUT2D eigenvalue weighted by molar-refractivity contribution is -0.119. The van der Waals surface area contributed by atoms with E-state index in [1.54, 1.807) is 36.4 Å². The number of hydrogen-bond donors (Lipinski definition) is 1. The molecule has 0 radical (unpaired) electrons. The predicted molar refractivity (Wildman–Crippen MR) is 147 cm³/mol. The van der Waals surface area contributed by atoms with Crippen molar-refractivity contribution < 1.29 is 13.2 Å². The van der Waals surface area contributed by atoms with Crippen molar-refractivity contribution in [3.05, 3.63) is 108 Å². The Bertz CT molecular complexity index is 1460. The Morgan fingerprint density at radius 3 is 2.31 bits per heavy atom. The molecule has 4 rings (SSSR count). The molecule has 1 atom stereocenters. The van der Waals surface area contributed by atoms with Gasteiger partial charge in [-0.15, -0.1) is 0 Å². The van der Waals surface area contributed by atoms with Crippen LogP contribution in [-0.2, 0) is 21.2 Å². The molecule has 0 aliphatic heterocycles. The van der Waals surface area contributed by atoms with Gasteiger partial charge < -0.3 is 5.32 Å². The number of hydrogen-bond acceptors (Lipinski definition) is 3. The summed E-state index contributed by atoms with van der Waals surface area (Å²) in [5, 5.41) is 5.38.